The minimum atomic E-state index is 0.796. The second-order valence-electron chi connectivity index (χ2n) is 3.90. The quantitative estimate of drug-likeness (QED) is 0.448. The fourth-order valence-corrected chi connectivity index (χ4v) is 2.41. The lowest BCUT2D eigenvalue weighted by Gasteiger charge is -2.29. The zero-order valence-electron chi connectivity index (χ0n) is 10.1. The maximum atomic E-state index is 3.54. The fourth-order valence-electron chi connectivity index (χ4n) is 1.96. The molecule has 0 rings (SSSR count). The zero-order valence-corrected chi connectivity index (χ0v) is 11.6. The summed E-state index contributed by atoms with van der Waals surface area (Å²) < 4.78 is 0. The Balaban J connectivity index is 3.85. The van der Waals surface area contributed by atoms with Crippen LogP contribution in [-0.4, -0.2) is 29.4 Å². The van der Waals surface area contributed by atoms with E-state index in [9.17, 15) is 0 Å². The third kappa shape index (κ3) is 6.02. The molecule has 14 heavy (non-hydrogen) atoms. The van der Waals surface area contributed by atoms with Gasteiger partial charge in [-0.05, 0) is 25.8 Å². The van der Waals surface area contributed by atoms with Crippen molar-refractivity contribution in [2.75, 3.05) is 18.4 Å². The van der Waals surface area contributed by atoms with Gasteiger partial charge < -0.3 is 0 Å². The van der Waals surface area contributed by atoms with Crippen molar-refractivity contribution >= 4 is 15.9 Å². The molecule has 0 aromatic rings. The summed E-state index contributed by atoms with van der Waals surface area (Å²) in [5.41, 5.74) is 0. The average molecular weight is 264 g/mol. The molecule has 0 spiro atoms. The lowest BCUT2D eigenvalue weighted by atomic mass is 10.1. The van der Waals surface area contributed by atoms with Crippen molar-refractivity contribution in [3.05, 3.63) is 0 Å². The predicted octanol–water partition coefficient (Wildman–Crippen LogP) is 4.06. The molecule has 2 heteroatoms. The second-order valence-corrected chi connectivity index (χ2v) is 4.70. The van der Waals surface area contributed by atoms with E-state index in [2.05, 4.69) is 41.6 Å². The van der Waals surface area contributed by atoms with Crippen LogP contribution < -0.4 is 0 Å². The Morgan fingerprint density at radius 3 is 2.07 bits per heavy atom. The van der Waals surface area contributed by atoms with Crippen LogP contribution in [0, 0.1) is 0 Å². The average Bonchev–Trinajstić information content (AvgIpc) is 2.20. The minimum absolute atomic E-state index is 0.796. The molecule has 0 radical (unpaired) electrons. The lowest BCUT2D eigenvalue weighted by molar-refractivity contribution is 0.194. The number of hydrogen-bond acceptors (Lipinski definition) is 1. The molecule has 0 aromatic heterocycles. The smallest absolute Gasteiger partial charge is 0.0159 e. The van der Waals surface area contributed by atoms with E-state index in [0.29, 0.717) is 0 Å². The predicted molar refractivity (Wildman–Crippen MR) is 69.3 cm³/mol. The van der Waals surface area contributed by atoms with Crippen LogP contribution in [0.4, 0.5) is 0 Å². The molecule has 0 bridgehead atoms. The van der Waals surface area contributed by atoms with Gasteiger partial charge in [-0.3, -0.25) is 4.90 Å². The van der Waals surface area contributed by atoms with Crippen LogP contribution in [0.15, 0.2) is 0 Å². The summed E-state index contributed by atoms with van der Waals surface area (Å²) in [6.07, 6.45) is 6.63. The first-order valence-electron chi connectivity index (χ1n) is 6.10. The third-order valence-electron chi connectivity index (χ3n) is 2.88. The Morgan fingerprint density at radius 2 is 1.64 bits per heavy atom. The molecule has 0 fully saturated rings. The molecule has 0 aromatic carbocycles. The van der Waals surface area contributed by atoms with Gasteiger partial charge in [0.25, 0.3) is 0 Å². The molecule has 0 N–H and O–H groups in total. The van der Waals surface area contributed by atoms with E-state index in [1.165, 1.54) is 45.2 Å². The molecule has 0 aliphatic heterocycles. The van der Waals surface area contributed by atoms with Crippen molar-refractivity contribution in [2.45, 2.75) is 58.9 Å². The molecule has 0 heterocycles. The Hall–Kier alpha value is 0.440. The Bertz CT molecular complexity index is 113. The summed E-state index contributed by atoms with van der Waals surface area (Å²) in [6.45, 7) is 9.36. The molecule has 1 nitrogen and oxygen atoms in total. The van der Waals surface area contributed by atoms with E-state index in [0.717, 1.165) is 11.4 Å². The van der Waals surface area contributed by atoms with Crippen molar-refractivity contribution in [3.8, 4) is 0 Å². The number of halogens is 1. The number of rotatable bonds is 9. The molecule has 0 unspecified atom stereocenters. The second kappa shape index (κ2) is 9.97. The van der Waals surface area contributed by atoms with E-state index < -0.39 is 0 Å². The van der Waals surface area contributed by atoms with Crippen molar-refractivity contribution in [3.63, 3.8) is 0 Å². The van der Waals surface area contributed by atoms with Gasteiger partial charge in [-0.2, -0.15) is 0 Å². The van der Waals surface area contributed by atoms with Gasteiger partial charge in [0, 0.05) is 17.9 Å². The van der Waals surface area contributed by atoms with E-state index >= 15 is 0 Å². The number of unbranched alkanes of at least 4 members (excludes halogenated alkanes) is 2. The molecule has 0 saturated heterocycles. The Kier molecular flexibility index (Phi) is 10.3. The third-order valence-corrected chi connectivity index (χ3v) is 3.23. The summed E-state index contributed by atoms with van der Waals surface area (Å²) in [5, 5.41) is 1.11. The van der Waals surface area contributed by atoms with E-state index in [-0.39, 0.29) is 0 Å². The van der Waals surface area contributed by atoms with Gasteiger partial charge in [-0.25, -0.2) is 0 Å². The van der Waals surface area contributed by atoms with Crippen LogP contribution in [0.1, 0.15) is 52.9 Å². The van der Waals surface area contributed by atoms with E-state index in [1.807, 2.05) is 0 Å². The number of hydrogen-bond donors (Lipinski definition) is 0. The van der Waals surface area contributed by atoms with Gasteiger partial charge in [0.2, 0.25) is 0 Å². The van der Waals surface area contributed by atoms with Crippen molar-refractivity contribution in [1.29, 1.82) is 0 Å². The lowest BCUT2D eigenvalue weighted by Crippen LogP contribution is -2.36. The summed E-state index contributed by atoms with van der Waals surface area (Å²) in [7, 11) is 0. The normalized spacial score (nSPS) is 11.6. The first-order chi connectivity index (χ1) is 6.79. The molecular weight excluding hydrogens is 238 g/mol. The van der Waals surface area contributed by atoms with Gasteiger partial charge in [0.1, 0.15) is 0 Å². The van der Waals surface area contributed by atoms with E-state index in [1.54, 1.807) is 0 Å². The van der Waals surface area contributed by atoms with Gasteiger partial charge in [0.15, 0.2) is 0 Å². The van der Waals surface area contributed by atoms with Gasteiger partial charge >= 0.3 is 0 Å². The topological polar surface area (TPSA) is 3.24 Å². The van der Waals surface area contributed by atoms with E-state index in [4.69, 9.17) is 0 Å². The highest BCUT2D eigenvalue weighted by Crippen LogP contribution is 2.10. The molecule has 86 valence electrons. The Labute approximate surface area is 98.4 Å². The van der Waals surface area contributed by atoms with Gasteiger partial charge in [-0.1, -0.05) is 49.5 Å². The minimum Gasteiger partial charge on any atom is -0.300 e. The van der Waals surface area contributed by atoms with Crippen LogP contribution in [0.5, 0.6) is 0 Å². The van der Waals surface area contributed by atoms with Crippen molar-refractivity contribution in [2.24, 2.45) is 0 Å². The molecule has 0 atom stereocenters. The monoisotopic (exact) mass is 263 g/mol. The molecule has 0 saturated carbocycles. The summed E-state index contributed by atoms with van der Waals surface area (Å²) >= 11 is 3.54. The standard InChI is InChI=1S/C12H26BrN/c1-4-7-8-10-14(11-9-13)12(5-2)6-3/h12H,4-11H2,1-3H3. The summed E-state index contributed by atoms with van der Waals surface area (Å²) in [4.78, 5) is 2.64. The van der Waals surface area contributed by atoms with Crippen LogP contribution in [-0.2, 0) is 0 Å². The first-order valence-corrected chi connectivity index (χ1v) is 7.22. The van der Waals surface area contributed by atoms with Crippen molar-refractivity contribution < 1.29 is 0 Å². The largest absolute Gasteiger partial charge is 0.300 e. The maximum Gasteiger partial charge on any atom is 0.0159 e. The van der Waals surface area contributed by atoms with Gasteiger partial charge in [-0.15, -0.1) is 0 Å². The van der Waals surface area contributed by atoms with Crippen molar-refractivity contribution in [1.82, 2.24) is 4.90 Å². The van der Waals surface area contributed by atoms with Crippen LogP contribution >= 0.6 is 15.9 Å². The molecular formula is C12H26BrN. The fraction of sp³-hybridized carbons (Fsp3) is 1.00. The highest BCUT2D eigenvalue weighted by atomic mass is 79.9. The SMILES string of the molecule is CCCCCN(CCBr)C(CC)CC. The Morgan fingerprint density at radius 1 is 1.00 bits per heavy atom. The highest BCUT2D eigenvalue weighted by Gasteiger charge is 2.13. The van der Waals surface area contributed by atoms with Crippen LogP contribution in [0.25, 0.3) is 0 Å². The van der Waals surface area contributed by atoms with Crippen LogP contribution in [0.2, 0.25) is 0 Å². The molecule has 0 amide bonds. The summed E-state index contributed by atoms with van der Waals surface area (Å²) in [5.74, 6) is 0. The summed E-state index contributed by atoms with van der Waals surface area (Å²) in [6, 6.07) is 0.796. The highest BCUT2D eigenvalue weighted by molar-refractivity contribution is 9.09. The number of alkyl halides is 1. The molecule has 0 aliphatic carbocycles. The molecule has 0 aliphatic rings. The zero-order chi connectivity index (χ0) is 10.8. The first kappa shape index (κ1) is 14.4. The maximum absolute atomic E-state index is 3.54. The van der Waals surface area contributed by atoms with Gasteiger partial charge in [0.05, 0.1) is 0 Å². The number of nitrogens with zero attached hydrogens (tertiary/aromatic N) is 1. The van der Waals surface area contributed by atoms with Crippen LogP contribution in [0.3, 0.4) is 0 Å².